The van der Waals surface area contributed by atoms with Crippen molar-refractivity contribution in [3.63, 3.8) is 0 Å². The van der Waals surface area contributed by atoms with E-state index in [0.717, 1.165) is 69.1 Å². The Hall–Kier alpha value is -1.10. The lowest BCUT2D eigenvalue weighted by molar-refractivity contribution is -0.196. The third-order valence-electron chi connectivity index (χ3n) is 9.24. The largest absolute Gasteiger partial charge is 0.455 e. The van der Waals surface area contributed by atoms with Gasteiger partial charge in [0.15, 0.2) is 6.61 Å². The minimum absolute atomic E-state index is 0.0336. The second-order valence-electron chi connectivity index (χ2n) is 11.8. The minimum atomic E-state index is -0.676. The Morgan fingerprint density at radius 2 is 1.36 bits per heavy atom. The van der Waals surface area contributed by atoms with E-state index < -0.39 is 11.0 Å². The summed E-state index contributed by atoms with van der Waals surface area (Å²) in [5.41, 5.74) is -1.25. The molecular weight excluding hydrogens is 354 g/mol. The van der Waals surface area contributed by atoms with Gasteiger partial charge in [-0.15, -0.1) is 0 Å². The van der Waals surface area contributed by atoms with Crippen molar-refractivity contribution in [2.45, 2.75) is 88.2 Å². The molecule has 28 heavy (non-hydrogen) atoms. The van der Waals surface area contributed by atoms with Crippen molar-refractivity contribution in [1.82, 2.24) is 5.32 Å². The number of rotatable bonds is 4. The van der Waals surface area contributed by atoms with Crippen molar-refractivity contribution in [2.75, 3.05) is 6.61 Å². The molecule has 2 unspecified atom stereocenters. The zero-order chi connectivity index (χ0) is 19.1. The van der Waals surface area contributed by atoms with E-state index in [9.17, 15) is 14.7 Å². The van der Waals surface area contributed by atoms with E-state index in [2.05, 4.69) is 5.32 Å². The van der Waals surface area contributed by atoms with Crippen LogP contribution in [0.3, 0.4) is 0 Å². The fraction of sp³-hybridized carbons (Fsp3) is 0.913. The molecule has 5 nitrogen and oxygen atoms in total. The molecule has 8 aliphatic rings. The number of amides is 1. The van der Waals surface area contributed by atoms with Crippen molar-refractivity contribution < 1.29 is 19.4 Å². The minimum Gasteiger partial charge on any atom is -0.455 e. The molecule has 5 heteroatoms. The predicted molar refractivity (Wildman–Crippen MR) is 102 cm³/mol. The van der Waals surface area contributed by atoms with Crippen LogP contribution < -0.4 is 5.32 Å². The lowest BCUT2D eigenvalue weighted by Gasteiger charge is -2.58. The highest BCUT2D eigenvalue weighted by atomic mass is 16.5. The van der Waals surface area contributed by atoms with Crippen LogP contribution in [0.4, 0.5) is 0 Å². The summed E-state index contributed by atoms with van der Waals surface area (Å²) in [6, 6.07) is 0. The predicted octanol–water partition coefficient (Wildman–Crippen LogP) is 2.95. The van der Waals surface area contributed by atoms with Crippen LogP contribution in [0, 0.1) is 35.0 Å². The molecule has 154 valence electrons. The molecule has 8 bridgehead atoms. The van der Waals surface area contributed by atoms with Gasteiger partial charge in [-0.1, -0.05) is 0 Å². The molecule has 8 rings (SSSR count). The van der Waals surface area contributed by atoms with Gasteiger partial charge in [-0.3, -0.25) is 9.59 Å². The quantitative estimate of drug-likeness (QED) is 0.727. The summed E-state index contributed by atoms with van der Waals surface area (Å²) >= 11 is 0. The van der Waals surface area contributed by atoms with Gasteiger partial charge in [0, 0.05) is 5.54 Å². The van der Waals surface area contributed by atoms with E-state index in [1.165, 1.54) is 19.3 Å². The summed E-state index contributed by atoms with van der Waals surface area (Å²) in [6.45, 7) is -0.157. The Labute approximate surface area is 167 Å². The van der Waals surface area contributed by atoms with Gasteiger partial charge in [0.05, 0.1) is 11.0 Å². The summed E-state index contributed by atoms with van der Waals surface area (Å²) in [5.74, 6) is 2.87. The number of nitrogens with one attached hydrogen (secondary N) is 1. The normalized spacial score (nSPS) is 52.7. The molecule has 0 aromatic rings. The van der Waals surface area contributed by atoms with Crippen LogP contribution in [-0.2, 0) is 14.3 Å². The Kier molecular flexibility index (Phi) is 3.63. The maximum Gasteiger partial charge on any atom is 0.312 e. The average Bonchev–Trinajstić information content (AvgIpc) is 2.55. The van der Waals surface area contributed by atoms with Gasteiger partial charge >= 0.3 is 5.97 Å². The first-order valence-electron chi connectivity index (χ1n) is 11.5. The molecule has 4 atom stereocenters. The van der Waals surface area contributed by atoms with Crippen molar-refractivity contribution >= 4 is 11.9 Å². The van der Waals surface area contributed by atoms with Crippen molar-refractivity contribution in [3.05, 3.63) is 0 Å². The number of aliphatic hydroxyl groups is 1. The number of carbonyl (C=O) groups excluding carboxylic acids is 2. The molecule has 8 aliphatic carbocycles. The zero-order valence-electron chi connectivity index (χ0n) is 16.8. The maximum atomic E-state index is 13.0. The highest BCUT2D eigenvalue weighted by molar-refractivity contribution is 5.83. The Morgan fingerprint density at radius 3 is 1.89 bits per heavy atom. The first-order chi connectivity index (χ1) is 13.3. The van der Waals surface area contributed by atoms with Crippen molar-refractivity contribution in [3.8, 4) is 0 Å². The first kappa shape index (κ1) is 17.7. The first-order valence-corrected chi connectivity index (χ1v) is 11.5. The molecular formula is C23H33NO4. The van der Waals surface area contributed by atoms with Crippen LogP contribution in [0.25, 0.3) is 0 Å². The number of hydrogen-bond acceptors (Lipinski definition) is 4. The van der Waals surface area contributed by atoms with E-state index in [1.54, 1.807) is 0 Å². The number of ether oxygens (including phenoxy) is 1. The van der Waals surface area contributed by atoms with Gasteiger partial charge in [-0.2, -0.15) is 0 Å². The van der Waals surface area contributed by atoms with E-state index in [1.807, 2.05) is 0 Å². The van der Waals surface area contributed by atoms with E-state index in [4.69, 9.17) is 4.74 Å². The number of carbonyl (C=O) groups is 2. The molecule has 1 amide bonds. The lowest BCUT2D eigenvalue weighted by Crippen LogP contribution is -2.61. The molecule has 0 radical (unpaired) electrons. The molecule has 0 aromatic heterocycles. The molecule has 0 aliphatic heterocycles. The molecule has 8 fully saturated rings. The van der Waals surface area contributed by atoms with Crippen LogP contribution in [0.1, 0.15) is 77.0 Å². The molecule has 0 saturated heterocycles. The average molecular weight is 388 g/mol. The number of hydrogen-bond donors (Lipinski definition) is 2. The van der Waals surface area contributed by atoms with Crippen LogP contribution in [0.2, 0.25) is 0 Å². The van der Waals surface area contributed by atoms with E-state index in [-0.39, 0.29) is 24.0 Å². The summed E-state index contributed by atoms with van der Waals surface area (Å²) < 4.78 is 5.59. The van der Waals surface area contributed by atoms with Crippen molar-refractivity contribution in [2.24, 2.45) is 35.0 Å². The van der Waals surface area contributed by atoms with Crippen LogP contribution >= 0.6 is 0 Å². The fourth-order valence-corrected chi connectivity index (χ4v) is 9.33. The Morgan fingerprint density at radius 1 is 0.821 bits per heavy atom. The van der Waals surface area contributed by atoms with Crippen LogP contribution in [-0.4, -0.2) is 34.7 Å². The van der Waals surface area contributed by atoms with Crippen molar-refractivity contribution in [1.29, 1.82) is 0 Å². The third-order valence-corrected chi connectivity index (χ3v) is 9.24. The smallest absolute Gasteiger partial charge is 0.312 e. The SMILES string of the molecule is O=C(COC(=O)C12C[C@@H]3C[C@@H](CC(O)(C3)C1)C2)NC12CC3CC(CC(C3)C1)C2. The van der Waals surface area contributed by atoms with Gasteiger partial charge in [-0.25, -0.2) is 0 Å². The van der Waals surface area contributed by atoms with Gasteiger partial charge in [0.25, 0.3) is 5.91 Å². The summed E-state index contributed by atoms with van der Waals surface area (Å²) in [7, 11) is 0. The fourth-order valence-electron chi connectivity index (χ4n) is 9.33. The molecule has 0 spiro atoms. The topological polar surface area (TPSA) is 75.6 Å². The van der Waals surface area contributed by atoms with Crippen LogP contribution in [0.5, 0.6) is 0 Å². The molecule has 2 N–H and O–H groups in total. The molecule has 8 saturated carbocycles. The van der Waals surface area contributed by atoms with Gasteiger partial charge in [0.2, 0.25) is 0 Å². The highest BCUT2D eigenvalue weighted by Gasteiger charge is 2.61. The zero-order valence-corrected chi connectivity index (χ0v) is 16.8. The van der Waals surface area contributed by atoms with Gasteiger partial charge < -0.3 is 15.2 Å². The number of esters is 1. The molecule has 0 heterocycles. The monoisotopic (exact) mass is 387 g/mol. The summed E-state index contributed by atoms with van der Waals surface area (Å²) in [5, 5.41) is 14.1. The second-order valence-corrected chi connectivity index (χ2v) is 11.8. The van der Waals surface area contributed by atoms with E-state index >= 15 is 0 Å². The van der Waals surface area contributed by atoms with Gasteiger partial charge in [0.1, 0.15) is 0 Å². The standard InChI is InChI=1S/C23H33NO4/c25-19(24-22-7-14-1-15(8-22)3-16(2-14)9-22)12-28-20(26)21-5-17-4-18(6-21)11-23(27,10-17)13-21/h14-18,27H,1-13H2,(H,24,25)/t14?,15?,16?,17-,18+,21?,22?,23?. The third kappa shape index (κ3) is 2.75. The maximum absolute atomic E-state index is 13.0. The molecule has 0 aromatic carbocycles. The van der Waals surface area contributed by atoms with Crippen LogP contribution in [0.15, 0.2) is 0 Å². The van der Waals surface area contributed by atoms with Gasteiger partial charge in [-0.05, 0) is 107 Å². The Bertz CT molecular complexity index is 666. The Balaban J connectivity index is 1.09. The lowest BCUT2D eigenvalue weighted by atomic mass is 9.48. The highest BCUT2D eigenvalue weighted by Crippen LogP contribution is 2.62. The second kappa shape index (κ2) is 5.74. The van der Waals surface area contributed by atoms with E-state index in [0.29, 0.717) is 18.3 Å². The summed E-state index contributed by atoms with van der Waals surface area (Å²) in [6.07, 6.45) is 12.4. The summed E-state index contributed by atoms with van der Waals surface area (Å²) in [4.78, 5) is 25.7.